The summed E-state index contributed by atoms with van der Waals surface area (Å²) < 4.78 is 0. The highest BCUT2D eigenvalue weighted by molar-refractivity contribution is 6.31. The first-order chi connectivity index (χ1) is 8.02. The molecule has 0 aliphatic carbocycles. The summed E-state index contributed by atoms with van der Waals surface area (Å²) in [4.78, 5) is 0. The summed E-state index contributed by atoms with van der Waals surface area (Å²) in [6.07, 6.45) is 0.391. The van der Waals surface area contributed by atoms with E-state index < -0.39 is 0 Å². The van der Waals surface area contributed by atoms with Gasteiger partial charge in [-0.25, -0.2) is 0 Å². The van der Waals surface area contributed by atoms with Gasteiger partial charge in [-0.3, -0.25) is 0 Å². The van der Waals surface area contributed by atoms with E-state index in [9.17, 15) is 5.11 Å². The van der Waals surface area contributed by atoms with Crippen LogP contribution in [0.3, 0.4) is 0 Å². The van der Waals surface area contributed by atoms with E-state index >= 15 is 0 Å². The molecule has 0 fully saturated rings. The Kier molecular flexibility index (Phi) is 5.43. The number of hydrogen-bond acceptors (Lipinski definition) is 3. The zero-order valence-electron chi connectivity index (χ0n) is 10.1. The van der Waals surface area contributed by atoms with Crippen molar-refractivity contribution < 1.29 is 5.11 Å². The highest BCUT2D eigenvalue weighted by Crippen LogP contribution is 2.17. The van der Waals surface area contributed by atoms with E-state index in [2.05, 4.69) is 5.32 Å². The fraction of sp³-hybridized carbons (Fsp3) is 0.462. The Morgan fingerprint density at radius 3 is 2.71 bits per heavy atom. The first-order valence-electron chi connectivity index (χ1n) is 5.63. The maximum Gasteiger partial charge on any atom is 0.0992 e. The molecule has 4 heteroatoms. The van der Waals surface area contributed by atoms with Crippen LogP contribution in [0.15, 0.2) is 18.2 Å². The zero-order chi connectivity index (χ0) is 12.8. The lowest BCUT2D eigenvalue weighted by Gasteiger charge is -2.15. The molecule has 0 spiro atoms. The van der Waals surface area contributed by atoms with E-state index in [0.29, 0.717) is 23.6 Å². The molecule has 1 aromatic rings. The highest BCUT2D eigenvalue weighted by Gasteiger charge is 2.07. The summed E-state index contributed by atoms with van der Waals surface area (Å²) in [7, 11) is 0. The van der Waals surface area contributed by atoms with Gasteiger partial charge in [-0.2, -0.15) is 5.26 Å². The number of aliphatic hydroxyl groups excluding tert-OH is 1. The van der Waals surface area contributed by atoms with Gasteiger partial charge < -0.3 is 10.4 Å². The van der Waals surface area contributed by atoms with Gasteiger partial charge in [0, 0.05) is 17.6 Å². The molecule has 92 valence electrons. The number of nitriles is 1. The van der Waals surface area contributed by atoms with Gasteiger partial charge in [0.05, 0.1) is 17.7 Å². The molecule has 0 heterocycles. The van der Waals surface area contributed by atoms with Crippen LogP contribution in [0.2, 0.25) is 5.02 Å². The van der Waals surface area contributed by atoms with Crippen LogP contribution in [0.4, 0.5) is 0 Å². The largest absolute Gasteiger partial charge is 0.393 e. The number of nitrogens with one attached hydrogen (secondary N) is 1. The lowest BCUT2D eigenvalue weighted by molar-refractivity contribution is 0.170. The van der Waals surface area contributed by atoms with Crippen LogP contribution in [0.5, 0.6) is 0 Å². The molecule has 0 aliphatic heterocycles. The Labute approximate surface area is 107 Å². The zero-order valence-corrected chi connectivity index (χ0v) is 10.8. The van der Waals surface area contributed by atoms with Gasteiger partial charge in [0.1, 0.15) is 0 Å². The van der Waals surface area contributed by atoms with Crippen LogP contribution in [0, 0.1) is 11.3 Å². The SMILES string of the molecule is CC(O)CC(C)NCc1ccc(C#N)cc1Cl. The minimum absolute atomic E-state index is 0.224. The molecule has 0 saturated heterocycles. The molecule has 0 aromatic heterocycles. The normalized spacial score (nSPS) is 14.1. The van der Waals surface area contributed by atoms with Gasteiger partial charge in [0.25, 0.3) is 0 Å². The molecule has 0 aliphatic rings. The minimum Gasteiger partial charge on any atom is -0.393 e. The molecule has 17 heavy (non-hydrogen) atoms. The Bertz CT molecular complexity index is 412. The number of rotatable bonds is 5. The molecular formula is C13H17ClN2O. The first-order valence-corrected chi connectivity index (χ1v) is 6.00. The Balaban J connectivity index is 2.55. The van der Waals surface area contributed by atoms with Gasteiger partial charge >= 0.3 is 0 Å². The summed E-state index contributed by atoms with van der Waals surface area (Å²) >= 11 is 6.06. The molecule has 3 nitrogen and oxygen atoms in total. The van der Waals surface area contributed by atoms with Gasteiger partial charge in [0.15, 0.2) is 0 Å². The average Bonchev–Trinajstić information content (AvgIpc) is 2.26. The molecule has 2 N–H and O–H groups in total. The van der Waals surface area contributed by atoms with Crippen molar-refractivity contribution in [3.63, 3.8) is 0 Å². The predicted molar refractivity (Wildman–Crippen MR) is 68.8 cm³/mol. The second-order valence-corrected chi connectivity index (χ2v) is 4.69. The van der Waals surface area contributed by atoms with Crippen LogP contribution in [0.1, 0.15) is 31.4 Å². The van der Waals surface area contributed by atoms with E-state index in [1.807, 2.05) is 19.1 Å². The van der Waals surface area contributed by atoms with Crippen molar-refractivity contribution in [1.29, 1.82) is 5.26 Å². The van der Waals surface area contributed by atoms with E-state index in [-0.39, 0.29) is 12.1 Å². The molecule has 2 atom stereocenters. The fourth-order valence-corrected chi connectivity index (χ4v) is 1.89. The Morgan fingerprint density at radius 2 is 2.18 bits per heavy atom. The Morgan fingerprint density at radius 1 is 1.47 bits per heavy atom. The quantitative estimate of drug-likeness (QED) is 0.847. The maximum absolute atomic E-state index is 9.24. The van der Waals surface area contributed by atoms with Crippen LogP contribution in [-0.2, 0) is 6.54 Å². The third-order valence-corrected chi connectivity index (χ3v) is 2.87. The van der Waals surface area contributed by atoms with Crippen LogP contribution < -0.4 is 5.32 Å². The van der Waals surface area contributed by atoms with Gasteiger partial charge in [0.2, 0.25) is 0 Å². The summed E-state index contributed by atoms with van der Waals surface area (Å²) in [5, 5.41) is 21.8. The van der Waals surface area contributed by atoms with E-state index in [4.69, 9.17) is 16.9 Å². The van der Waals surface area contributed by atoms with Crippen molar-refractivity contribution in [3.8, 4) is 6.07 Å². The molecule has 0 saturated carbocycles. The molecule has 1 rings (SSSR count). The monoisotopic (exact) mass is 252 g/mol. The number of hydrogen-bond donors (Lipinski definition) is 2. The van der Waals surface area contributed by atoms with Crippen LogP contribution >= 0.6 is 11.6 Å². The summed E-state index contributed by atoms with van der Waals surface area (Å²) in [5.74, 6) is 0. The van der Waals surface area contributed by atoms with E-state index in [1.54, 1.807) is 19.1 Å². The molecule has 2 unspecified atom stereocenters. The first kappa shape index (κ1) is 14.0. The summed E-state index contributed by atoms with van der Waals surface area (Å²) in [6.45, 7) is 4.43. The van der Waals surface area contributed by atoms with Gasteiger partial charge in [-0.05, 0) is 38.0 Å². The topological polar surface area (TPSA) is 56.0 Å². The lowest BCUT2D eigenvalue weighted by Crippen LogP contribution is -2.28. The van der Waals surface area contributed by atoms with Crippen molar-refractivity contribution in [1.82, 2.24) is 5.32 Å². The smallest absolute Gasteiger partial charge is 0.0992 e. The number of aliphatic hydroxyl groups is 1. The fourth-order valence-electron chi connectivity index (χ4n) is 1.64. The third kappa shape index (κ3) is 4.74. The third-order valence-electron chi connectivity index (χ3n) is 2.52. The number of benzene rings is 1. The number of halogens is 1. The van der Waals surface area contributed by atoms with Crippen LogP contribution in [-0.4, -0.2) is 17.3 Å². The Hall–Kier alpha value is -1.08. The molecular weight excluding hydrogens is 236 g/mol. The van der Waals surface area contributed by atoms with Crippen molar-refractivity contribution in [2.24, 2.45) is 0 Å². The minimum atomic E-state index is -0.311. The number of nitrogens with zero attached hydrogens (tertiary/aromatic N) is 1. The highest BCUT2D eigenvalue weighted by atomic mass is 35.5. The summed E-state index contributed by atoms with van der Waals surface area (Å²) in [6, 6.07) is 7.54. The predicted octanol–water partition coefficient (Wildman–Crippen LogP) is 2.46. The second-order valence-electron chi connectivity index (χ2n) is 4.28. The standard InChI is InChI=1S/C13H17ClN2O/c1-9(5-10(2)17)16-8-12-4-3-11(7-15)6-13(12)14/h3-4,6,9-10,16-17H,5,8H2,1-2H3. The van der Waals surface area contributed by atoms with Crippen molar-refractivity contribution in [3.05, 3.63) is 34.3 Å². The lowest BCUT2D eigenvalue weighted by atomic mass is 10.1. The molecule has 0 radical (unpaired) electrons. The van der Waals surface area contributed by atoms with Crippen molar-refractivity contribution in [2.45, 2.75) is 39.0 Å². The van der Waals surface area contributed by atoms with E-state index in [1.165, 1.54) is 0 Å². The van der Waals surface area contributed by atoms with Crippen LogP contribution in [0.25, 0.3) is 0 Å². The van der Waals surface area contributed by atoms with E-state index in [0.717, 1.165) is 5.56 Å². The maximum atomic E-state index is 9.24. The second kappa shape index (κ2) is 6.61. The van der Waals surface area contributed by atoms with Gasteiger partial charge in [-0.15, -0.1) is 0 Å². The van der Waals surface area contributed by atoms with Crippen molar-refractivity contribution >= 4 is 11.6 Å². The van der Waals surface area contributed by atoms with Gasteiger partial charge in [-0.1, -0.05) is 17.7 Å². The molecule has 0 amide bonds. The van der Waals surface area contributed by atoms with Crippen molar-refractivity contribution in [2.75, 3.05) is 0 Å². The molecule has 1 aromatic carbocycles. The molecule has 0 bridgehead atoms. The summed E-state index contributed by atoms with van der Waals surface area (Å²) in [5.41, 5.74) is 1.53. The average molecular weight is 253 g/mol.